The van der Waals surface area contributed by atoms with Crippen LogP contribution in [0.2, 0.25) is 5.02 Å². The molecule has 5 rings (SSSR count). The fourth-order valence-electron chi connectivity index (χ4n) is 3.75. The van der Waals surface area contributed by atoms with Crippen molar-refractivity contribution >= 4 is 38.9 Å². The van der Waals surface area contributed by atoms with E-state index in [2.05, 4.69) is 20.6 Å². The van der Waals surface area contributed by atoms with Crippen LogP contribution in [-0.2, 0) is 16.4 Å². The van der Waals surface area contributed by atoms with Crippen LogP contribution in [0, 0.1) is 0 Å². The lowest BCUT2D eigenvalue weighted by molar-refractivity contribution is 0.0949. The molecule has 0 saturated heterocycles. The van der Waals surface area contributed by atoms with Gasteiger partial charge in [-0.15, -0.1) is 0 Å². The summed E-state index contributed by atoms with van der Waals surface area (Å²) in [6, 6.07) is 14.4. The summed E-state index contributed by atoms with van der Waals surface area (Å²) < 4.78 is 26.2. The highest BCUT2D eigenvalue weighted by Gasteiger charge is 2.31. The molecule has 0 fully saturated rings. The maximum Gasteiger partial charge on any atom is 0.257 e. The molecule has 0 radical (unpaired) electrons. The minimum Gasteiger partial charge on any atom is -0.508 e. The van der Waals surface area contributed by atoms with Crippen molar-refractivity contribution in [1.29, 1.82) is 0 Å². The molecule has 4 aromatic rings. The van der Waals surface area contributed by atoms with Crippen LogP contribution in [-0.4, -0.2) is 35.3 Å². The third-order valence-corrected chi connectivity index (χ3v) is 7.74. The van der Waals surface area contributed by atoms with E-state index in [1.807, 2.05) is 0 Å². The minimum atomic E-state index is -3.96. The number of carbonyl (C=O) groups excluding carboxylic acids is 2. The van der Waals surface area contributed by atoms with Crippen LogP contribution in [0.4, 0.5) is 5.69 Å². The molecule has 0 saturated carbocycles. The van der Waals surface area contributed by atoms with Crippen LogP contribution in [0.1, 0.15) is 26.3 Å². The number of nitrogens with zero attached hydrogens (tertiary/aromatic N) is 2. The summed E-state index contributed by atoms with van der Waals surface area (Å²) >= 11 is 6.13. The van der Waals surface area contributed by atoms with Gasteiger partial charge in [-0.1, -0.05) is 23.7 Å². The number of hydrogen-bond donors (Lipinski definition) is 3. The van der Waals surface area contributed by atoms with E-state index >= 15 is 0 Å². The van der Waals surface area contributed by atoms with Crippen LogP contribution >= 0.6 is 11.6 Å². The number of rotatable bonds is 4. The second-order valence-electron chi connectivity index (χ2n) is 7.93. The summed E-state index contributed by atoms with van der Waals surface area (Å²) in [5, 5.41) is 15.1. The zero-order chi connectivity index (χ0) is 25.4. The highest BCUT2D eigenvalue weighted by Crippen LogP contribution is 2.34. The molecule has 9 nitrogen and oxygen atoms in total. The average molecular weight is 521 g/mol. The first kappa shape index (κ1) is 23.5. The van der Waals surface area contributed by atoms with Crippen LogP contribution in [0.3, 0.4) is 0 Å². The predicted molar refractivity (Wildman–Crippen MR) is 132 cm³/mol. The van der Waals surface area contributed by atoms with E-state index in [0.717, 1.165) is 0 Å². The standard InChI is InChI=1S/C25H17ClN4O5S/c26-19-10-16(31)6-7-17(19)23-27-11-14(12-28-23)13-29-24(32)15-5-8-22-20(9-15)30-25(33)18-3-1-2-4-21(18)36(22,34)35/h1-12,31H,13H2,(H,29,32)(H,30,33). The van der Waals surface area contributed by atoms with Crippen LogP contribution in [0.25, 0.3) is 11.4 Å². The number of sulfone groups is 1. The third-order valence-electron chi connectivity index (χ3n) is 5.55. The molecule has 2 heterocycles. The van der Waals surface area contributed by atoms with Gasteiger partial charge >= 0.3 is 0 Å². The number of hydrogen-bond acceptors (Lipinski definition) is 7. The maximum atomic E-state index is 13.1. The summed E-state index contributed by atoms with van der Waals surface area (Å²) in [6.07, 6.45) is 3.07. The van der Waals surface area contributed by atoms with Gasteiger partial charge in [0.05, 0.1) is 26.1 Å². The van der Waals surface area contributed by atoms with Gasteiger partial charge in [0.2, 0.25) is 9.84 Å². The van der Waals surface area contributed by atoms with Crippen molar-refractivity contribution in [2.75, 3.05) is 5.32 Å². The Morgan fingerprint density at radius 1 is 0.972 bits per heavy atom. The van der Waals surface area contributed by atoms with E-state index < -0.39 is 21.7 Å². The molecule has 3 aromatic carbocycles. The largest absolute Gasteiger partial charge is 0.508 e. The van der Waals surface area contributed by atoms with Crippen molar-refractivity contribution in [3.8, 4) is 17.1 Å². The maximum absolute atomic E-state index is 13.1. The minimum absolute atomic E-state index is 0.0299. The molecule has 0 bridgehead atoms. The molecule has 0 spiro atoms. The van der Waals surface area contributed by atoms with Crippen molar-refractivity contribution in [2.45, 2.75) is 16.3 Å². The lowest BCUT2D eigenvalue weighted by Crippen LogP contribution is -2.23. The van der Waals surface area contributed by atoms with E-state index in [9.17, 15) is 23.1 Å². The summed E-state index contributed by atoms with van der Waals surface area (Å²) in [4.78, 5) is 33.7. The first-order valence-corrected chi connectivity index (χ1v) is 12.5. The fraction of sp³-hybridized carbons (Fsp3) is 0.0400. The molecule has 0 aliphatic carbocycles. The first-order valence-electron chi connectivity index (χ1n) is 10.6. The molecule has 36 heavy (non-hydrogen) atoms. The molecular weight excluding hydrogens is 504 g/mol. The molecule has 0 unspecified atom stereocenters. The Morgan fingerprint density at radius 3 is 2.47 bits per heavy atom. The van der Waals surface area contributed by atoms with E-state index in [1.165, 1.54) is 54.9 Å². The predicted octanol–water partition coefficient (Wildman–Crippen LogP) is 3.83. The number of aromatic hydroxyl groups is 1. The van der Waals surface area contributed by atoms with Crippen LogP contribution in [0.15, 0.2) is 82.8 Å². The van der Waals surface area contributed by atoms with E-state index in [-0.39, 0.29) is 38.9 Å². The Hall–Kier alpha value is -4.28. The van der Waals surface area contributed by atoms with Crippen LogP contribution < -0.4 is 10.6 Å². The fourth-order valence-corrected chi connectivity index (χ4v) is 5.61. The lowest BCUT2D eigenvalue weighted by Gasteiger charge is -2.10. The monoisotopic (exact) mass is 520 g/mol. The third kappa shape index (κ3) is 4.28. The van der Waals surface area contributed by atoms with E-state index in [0.29, 0.717) is 22.0 Å². The molecule has 11 heteroatoms. The number of amides is 2. The Labute approximate surface area is 210 Å². The van der Waals surface area contributed by atoms with Crippen molar-refractivity contribution in [3.63, 3.8) is 0 Å². The molecule has 2 amide bonds. The first-order chi connectivity index (χ1) is 17.2. The molecule has 1 aromatic heterocycles. The number of phenols is 1. The van der Waals surface area contributed by atoms with Crippen LogP contribution in [0.5, 0.6) is 5.75 Å². The normalized spacial score (nSPS) is 13.6. The number of nitrogens with one attached hydrogen (secondary N) is 2. The Bertz CT molecular complexity index is 1640. The Kier molecular flexibility index (Phi) is 5.91. The number of anilines is 1. The number of aromatic nitrogens is 2. The second-order valence-corrected chi connectivity index (χ2v) is 10.2. The molecule has 1 aliphatic heterocycles. The van der Waals surface area contributed by atoms with Gasteiger partial charge in [-0.3, -0.25) is 9.59 Å². The number of halogens is 1. The SMILES string of the molecule is O=C(NCc1cnc(-c2ccc(O)cc2Cl)nc1)c1ccc2c(c1)NC(=O)c1ccccc1S2(=O)=O. The zero-order valence-electron chi connectivity index (χ0n) is 18.4. The molecule has 0 atom stereocenters. The van der Waals surface area contributed by atoms with Gasteiger partial charge in [0.15, 0.2) is 5.82 Å². The lowest BCUT2D eigenvalue weighted by atomic mass is 10.1. The highest BCUT2D eigenvalue weighted by molar-refractivity contribution is 7.91. The van der Waals surface area contributed by atoms with Gasteiger partial charge in [-0.25, -0.2) is 18.4 Å². The van der Waals surface area contributed by atoms with Crippen molar-refractivity contribution in [1.82, 2.24) is 15.3 Å². The Morgan fingerprint density at radius 2 is 1.72 bits per heavy atom. The summed E-state index contributed by atoms with van der Waals surface area (Å²) in [6.45, 7) is 0.107. The molecule has 1 aliphatic rings. The summed E-state index contributed by atoms with van der Waals surface area (Å²) in [7, 11) is -3.96. The van der Waals surface area contributed by atoms with Crippen molar-refractivity contribution < 1.29 is 23.1 Å². The van der Waals surface area contributed by atoms with Crippen molar-refractivity contribution in [2.24, 2.45) is 0 Å². The molecule has 3 N–H and O–H groups in total. The summed E-state index contributed by atoms with van der Waals surface area (Å²) in [5.41, 5.74) is 1.40. The summed E-state index contributed by atoms with van der Waals surface area (Å²) in [5.74, 6) is -0.658. The smallest absolute Gasteiger partial charge is 0.257 e. The van der Waals surface area contributed by atoms with Gasteiger partial charge in [0.1, 0.15) is 5.75 Å². The quantitative estimate of drug-likeness (QED) is 0.371. The van der Waals surface area contributed by atoms with Crippen molar-refractivity contribution in [3.05, 3.63) is 94.8 Å². The average Bonchev–Trinajstić information content (AvgIpc) is 2.95. The van der Waals surface area contributed by atoms with Gasteiger partial charge in [0.25, 0.3) is 11.8 Å². The molecule has 180 valence electrons. The van der Waals surface area contributed by atoms with E-state index in [1.54, 1.807) is 18.2 Å². The Balaban J connectivity index is 1.33. The second kappa shape index (κ2) is 9.06. The number of fused-ring (bicyclic) bond motifs is 2. The number of benzene rings is 3. The van der Waals surface area contributed by atoms with Gasteiger partial charge in [0, 0.05) is 35.6 Å². The number of carbonyl (C=O) groups is 2. The van der Waals surface area contributed by atoms with E-state index in [4.69, 9.17) is 11.6 Å². The van der Waals surface area contributed by atoms with Gasteiger partial charge < -0.3 is 15.7 Å². The van der Waals surface area contributed by atoms with Gasteiger partial charge in [-0.2, -0.15) is 0 Å². The topological polar surface area (TPSA) is 138 Å². The number of phenolic OH excluding ortho intramolecular Hbond substituents is 1. The molecular formula is C25H17ClN4O5S. The highest BCUT2D eigenvalue weighted by atomic mass is 35.5. The zero-order valence-corrected chi connectivity index (χ0v) is 20.0. The van der Waals surface area contributed by atoms with Gasteiger partial charge in [-0.05, 0) is 48.5 Å².